The SMILES string of the molecule is COc1cccc(OC)c1CNC(=O)c1ccc(NS(=O)(=O)c2ccc(C)cc2)cc1. The number of nitrogens with one attached hydrogen (secondary N) is 2. The molecule has 0 bridgehead atoms. The number of hydrogen-bond donors (Lipinski definition) is 2. The fraction of sp³-hybridized carbons (Fsp3) is 0.174. The summed E-state index contributed by atoms with van der Waals surface area (Å²) >= 11 is 0. The van der Waals surface area contributed by atoms with Crippen molar-refractivity contribution in [3.8, 4) is 11.5 Å². The number of ether oxygens (including phenoxy) is 2. The van der Waals surface area contributed by atoms with Crippen molar-refractivity contribution in [3.05, 3.63) is 83.4 Å². The van der Waals surface area contributed by atoms with Crippen LogP contribution >= 0.6 is 0 Å². The predicted octanol–water partition coefficient (Wildman–Crippen LogP) is 3.74. The highest BCUT2D eigenvalue weighted by Crippen LogP contribution is 2.28. The van der Waals surface area contributed by atoms with Crippen molar-refractivity contribution in [3.63, 3.8) is 0 Å². The van der Waals surface area contributed by atoms with Crippen molar-refractivity contribution in [2.75, 3.05) is 18.9 Å². The van der Waals surface area contributed by atoms with Gasteiger partial charge in [0.25, 0.3) is 15.9 Å². The summed E-state index contributed by atoms with van der Waals surface area (Å²) in [6, 6.07) is 18.2. The van der Waals surface area contributed by atoms with Crippen molar-refractivity contribution in [2.24, 2.45) is 0 Å². The zero-order valence-corrected chi connectivity index (χ0v) is 18.3. The smallest absolute Gasteiger partial charge is 0.261 e. The lowest BCUT2D eigenvalue weighted by Crippen LogP contribution is -2.23. The van der Waals surface area contributed by atoms with Crippen LogP contribution in [0.3, 0.4) is 0 Å². The van der Waals surface area contributed by atoms with Gasteiger partial charge in [-0.1, -0.05) is 23.8 Å². The van der Waals surface area contributed by atoms with Crippen molar-refractivity contribution in [1.29, 1.82) is 0 Å². The van der Waals surface area contributed by atoms with E-state index in [1.165, 1.54) is 0 Å². The van der Waals surface area contributed by atoms with Crippen molar-refractivity contribution < 1.29 is 22.7 Å². The van der Waals surface area contributed by atoms with Gasteiger partial charge in [-0.15, -0.1) is 0 Å². The molecule has 2 N–H and O–H groups in total. The molecule has 31 heavy (non-hydrogen) atoms. The maximum absolute atomic E-state index is 12.5. The largest absolute Gasteiger partial charge is 0.496 e. The Morgan fingerprint density at radius 1 is 0.871 bits per heavy atom. The lowest BCUT2D eigenvalue weighted by atomic mass is 10.1. The Kier molecular flexibility index (Phi) is 6.81. The predicted molar refractivity (Wildman–Crippen MR) is 119 cm³/mol. The van der Waals surface area contributed by atoms with Gasteiger partial charge < -0.3 is 14.8 Å². The molecule has 0 saturated heterocycles. The third-order valence-electron chi connectivity index (χ3n) is 4.69. The van der Waals surface area contributed by atoms with E-state index in [9.17, 15) is 13.2 Å². The van der Waals surface area contributed by atoms with Gasteiger partial charge in [0, 0.05) is 11.3 Å². The molecule has 162 valence electrons. The molecule has 0 aromatic heterocycles. The van der Waals surface area contributed by atoms with E-state index in [0.717, 1.165) is 11.1 Å². The average molecular weight is 441 g/mol. The Labute approximate surface area is 182 Å². The third kappa shape index (κ3) is 5.35. The minimum atomic E-state index is -3.70. The zero-order chi connectivity index (χ0) is 22.4. The van der Waals surface area contributed by atoms with Crippen LogP contribution in [0.15, 0.2) is 71.6 Å². The molecule has 0 fully saturated rings. The minimum Gasteiger partial charge on any atom is -0.496 e. The molecule has 7 nitrogen and oxygen atoms in total. The molecule has 0 radical (unpaired) electrons. The van der Waals surface area contributed by atoms with E-state index in [4.69, 9.17) is 9.47 Å². The summed E-state index contributed by atoms with van der Waals surface area (Å²) in [6.45, 7) is 2.10. The highest BCUT2D eigenvalue weighted by atomic mass is 32.2. The molecule has 0 atom stereocenters. The summed E-state index contributed by atoms with van der Waals surface area (Å²) in [5.74, 6) is 0.918. The normalized spacial score (nSPS) is 10.9. The van der Waals surface area contributed by atoms with Crippen LogP contribution in [0, 0.1) is 6.92 Å². The molecule has 0 unspecified atom stereocenters. The zero-order valence-electron chi connectivity index (χ0n) is 17.5. The Hall–Kier alpha value is -3.52. The molecule has 0 saturated carbocycles. The standard InChI is InChI=1S/C23H24N2O5S/c1-16-7-13-19(14-8-16)31(27,28)25-18-11-9-17(10-12-18)23(26)24-15-20-21(29-2)5-4-6-22(20)30-3/h4-14,25H,15H2,1-3H3,(H,24,26). The first kappa shape index (κ1) is 22.2. The van der Waals surface area contributed by atoms with E-state index < -0.39 is 10.0 Å². The molecule has 3 aromatic carbocycles. The quantitative estimate of drug-likeness (QED) is 0.557. The lowest BCUT2D eigenvalue weighted by molar-refractivity contribution is 0.0950. The van der Waals surface area contributed by atoms with Gasteiger partial charge in [0.1, 0.15) is 11.5 Å². The van der Waals surface area contributed by atoms with E-state index in [1.54, 1.807) is 80.9 Å². The van der Waals surface area contributed by atoms with Crippen LogP contribution in [0.4, 0.5) is 5.69 Å². The molecule has 3 rings (SSSR count). The number of amides is 1. The molecule has 8 heteroatoms. The maximum atomic E-state index is 12.5. The van der Waals surface area contributed by atoms with Crippen molar-refractivity contribution in [1.82, 2.24) is 5.32 Å². The second kappa shape index (κ2) is 9.53. The Balaban J connectivity index is 1.68. The van der Waals surface area contributed by atoms with Gasteiger partial charge in [0.05, 0.1) is 31.2 Å². The molecule has 0 aliphatic carbocycles. The second-order valence-electron chi connectivity index (χ2n) is 6.82. The molecule has 0 aliphatic heterocycles. The van der Waals surface area contributed by atoms with E-state index in [-0.39, 0.29) is 17.3 Å². The van der Waals surface area contributed by atoms with Crippen LogP contribution in [0.25, 0.3) is 0 Å². The molecular weight excluding hydrogens is 416 g/mol. The summed E-state index contributed by atoms with van der Waals surface area (Å²) in [6.07, 6.45) is 0. The topological polar surface area (TPSA) is 93.7 Å². The van der Waals surface area contributed by atoms with Gasteiger partial charge in [-0.3, -0.25) is 9.52 Å². The van der Waals surface area contributed by atoms with Gasteiger partial charge in [-0.2, -0.15) is 0 Å². The molecule has 0 aliphatic rings. The summed E-state index contributed by atoms with van der Waals surface area (Å²) in [4.78, 5) is 12.7. The highest BCUT2D eigenvalue weighted by molar-refractivity contribution is 7.92. The number of methoxy groups -OCH3 is 2. The monoisotopic (exact) mass is 440 g/mol. The number of rotatable bonds is 8. The number of hydrogen-bond acceptors (Lipinski definition) is 5. The second-order valence-corrected chi connectivity index (χ2v) is 8.50. The fourth-order valence-corrected chi connectivity index (χ4v) is 4.05. The minimum absolute atomic E-state index is 0.172. The van der Waals surface area contributed by atoms with Crippen molar-refractivity contribution in [2.45, 2.75) is 18.4 Å². The number of benzene rings is 3. The van der Waals surface area contributed by atoms with Crippen LogP contribution in [0.5, 0.6) is 11.5 Å². The van der Waals surface area contributed by atoms with Crippen LogP contribution in [0.2, 0.25) is 0 Å². The molecule has 0 spiro atoms. The van der Waals surface area contributed by atoms with Crippen LogP contribution in [-0.2, 0) is 16.6 Å². The summed E-state index contributed by atoms with van der Waals surface area (Å²) < 4.78 is 38.2. The van der Waals surface area contributed by atoms with Crippen molar-refractivity contribution >= 4 is 21.6 Å². The first-order valence-corrected chi connectivity index (χ1v) is 11.0. The van der Waals surface area contributed by atoms with Gasteiger partial charge >= 0.3 is 0 Å². The van der Waals surface area contributed by atoms with E-state index in [1.807, 2.05) is 6.92 Å². The summed E-state index contributed by atoms with van der Waals surface area (Å²) in [7, 11) is -0.599. The number of carbonyl (C=O) groups excluding carboxylic acids is 1. The van der Waals surface area contributed by atoms with Crippen LogP contribution in [0.1, 0.15) is 21.5 Å². The third-order valence-corrected chi connectivity index (χ3v) is 6.08. The maximum Gasteiger partial charge on any atom is 0.261 e. The van der Waals surface area contributed by atoms with E-state index >= 15 is 0 Å². The Morgan fingerprint density at radius 3 is 2.00 bits per heavy atom. The first-order valence-electron chi connectivity index (χ1n) is 9.51. The Morgan fingerprint density at radius 2 is 1.45 bits per heavy atom. The van der Waals surface area contributed by atoms with Gasteiger partial charge in [-0.05, 0) is 55.5 Å². The Bertz CT molecular complexity index is 1140. The molecule has 3 aromatic rings. The molecule has 1 amide bonds. The van der Waals surface area contributed by atoms with Gasteiger partial charge in [0.15, 0.2) is 0 Å². The first-order chi connectivity index (χ1) is 14.8. The van der Waals surface area contributed by atoms with Crippen LogP contribution in [-0.4, -0.2) is 28.5 Å². The number of sulfonamides is 1. The molecular formula is C23H24N2O5S. The average Bonchev–Trinajstić information content (AvgIpc) is 2.77. The number of carbonyl (C=O) groups is 1. The van der Waals surface area contributed by atoms with Gasteiger partial charge in [0.2, 0.25) is 0 Å². The lowest BCUT2D eigenvalue weighted by Gasteiger charge is -2.14. The summed E-state index contributed by atoms with van der Waals surface area (Å²) in [5.41, 5.74) is 2.46. The van der Waals surface area contributed by atoms with Gasteiger partial charge in [-0.25, -0.2) is 8.42 Å². The van der Waals surface area contributed by atoms with E-state index in [2.05, 4.69) is 10.0 Å². The number of anilines is 1. The fourth-order valence-electron chi connectivity index (χ4n) is 2.99. The van der Waals surface area contributed by atoms with Crippen LogP contribution < -0.4 is 19.5 Å². The molecule has 0 heterocycles. The van der Waals surface area contributed by atoms with E-state index in [0.29, 0.717) is 22.7 Å². The highest BCUT2D eigenvalue weighted by Gasteiger charge is 2.15. The summed E-state index contributed by atoms with van der Waals surface area (Å²) in [5, 5.41) is 2.83. The number of aryl methyl sites for hydroxylation is 1.